The molecule has 7 heteroatoms. The molecule has 1 aliphatic heterocycles. The number of sulfonamides is 1. The molecule has 1 fully saturated rings. The minimum atomic E-state index is -3.59. The number of rotatable bonds is 8. The highest BCUT2D eigenvalue weighted by Gasteiger charge is 2.33. The Morgan fingerprint density at radius 2 is 2.07 bits per heavy atom. The molecule has 0 aliphatic carbocycles. The number of aryl methyl sites for hydroxylation is 2. The van der Waals surface area contributed by atoms with Crippen LogP contribution in [-0.2, 0) is 19.6 Å². The maximum Gasteiger partial charge on any atom is 0.243 e. The number of ether oxygens (including phenoxy) is 1. The van der Waals surface area contributed by atoms with Crippen molar-refractivity contribution in [1.29, 1.82) is 0 Å². The molecular weight excluding hydrogens is 364 g/mol. The summed E-state index contributed by atoms with van der Waals surface area (Å²) in [6.07, 6.45) is 2.34. The van der Waals surface area contributed by atoms with Crippen molar-refractivity contribution < 1.29 is 17.9 Å². The molecule has 1 atom stereocenters. The van der Waals surface area contributed by atoms with Gasteiger partial charge in [-0.1, -0.05) is 12.1 Å². The Hall–Kier alpha value is -1.44. The topological polar surface area (TPSA) is 75.7 Å². The van der Waals surface area contributed by atoms with Crippen molar-refractivity contribution in [2.45, 2.75) is 58.0 Å². The first-order valence-electron chi connectivity index (χ1n) is 9.68. The first-order valence-corrected chi connectivity index (χ1v) is 11.1. The van der Waals surface area contributed by atoms with E-state index in [4.69, 9.17) is 4.74 Å². The molecule has 0 unspecified atom stereocenters. The van der Waals surface area contributed by atoms with Crippen molar-refractivity contribution in [3.63, 3.8) is 0 Å². The molecule has 27 heavy (non-hydrogen) atoms. The molecule has 0 aromatic heterocycles. The molecule has 1 aromatic carbocycles. The third kappa shape index (κ3) is 6.02. The smallest absolute Gasteiger partial charge is 0.243 e. The van der Waals surface area contributed by atoms with Crippen LogP contribution in [0.3, 0.4) is 0 Å². The predicted molar refractivity (Wildman–Crippen MR) is 106 cm³/mol. The van der Waals surface area contributed by atoms with Crippen LogP contribution in [0.5, 0.6) is 0 Å². The largest absolute Gasteiger partial charge is 0.379 e. The number of nitrogens with one attached hydrogen (secondary N) is 1. The number of hydrogen-bond acceptors (Lipinski definition) is 4. The molecule has 0 radical (unpaired) electrons. The molecule has 1 amide bonds. The maximum atomic E-state index is 13.1. The fourth-order valence-corrected chi connectivity index (χ4v) is 5.08. The molecule has 0 spiro atoms. The predicted octanol–water partition coefficient (Wildman–Crippen LogP) is 2.64. The van der Waals surface area contributed by atoms with E-state index in [-0.39, 0.29) is 24.5 Å². The van der Waals surface area contributed by atoms with Gasteiger partial charge in [0.2, 0.25) is 15.9 Å². The van der Waals surface area contributed by atoms with Crippen LogP contribution in [-0.4, -0.2) is 51.0 Å². The number of amides is 1. The zero-order valence-electron chi connectivity index (χ0n) is 16.8. The average Bonchev–Trinajstić information content (AvgIpc) is 2.63. The number of carbonyl (C=O) groups excluding carboxylic acids is 1. The first kappa shape index (κ1) is 21.9. The second-order valence-corrected chi connectivity index (χ2v) is 9.44. The van der Waals surface area contributed by atoms with E-state index in [1.807, 2.05) is 32.9 Å². The summed E-state index contributed by atoms with van der Waals surface area (Å²) in [5.41, 5.74) is 1.64. The highest BCUT2D eigenvalue weighted by molar-refractivity contribution is 7.89. The van der Waals surface area contributed by atoms with Crippen molar-refractivity contribution in [3.05, 3.63) is 29.3 Å². The third-order valence-electron chi connectivity index (χ3n) is 4.79. The Kier molecular flexibility index (Phi) is 7.82. The Bertz CT molecular complexity index is 746. The lowest BCUT2D eigenvalue weighted by Gasteiger charge is -2.31. The Labute approximate surface area is 163 Å². The average molecular weight is 397 g/mol. The van der Waals surface area contributed by atoms with Crippen LogP contribution in [0.25, 0.3) is 0 Å². The van der Waals surface area contributed by atoms with Crippen LogP contribution >= 0.6 is 0 Å². The van der Waals surface area contributed by atoms with E-state index < -0.39 is 10.0 Å². The summed E-state index contributed by atoms with van der Waals surface area (Å²) in [7, 11) is -3.59. The highest BCUT2D eigenvalue weighted by Crippen LogP contribution is 2.26. The van der Waals surface area contributed by atoms with Crippen LogP contribution in [0, 0.1) is 19.8 Å². The number of benzene rings is 1. The summed E-state index contributed by atoms with van der Waals surface area (Å²) in [6.45, 7) is 9.50. The Morgan fingerprint density at radius 1 is 1.33 bits per heavy atom. The van der Waals surface area contributed by atoms with Gasteiger partial charge >= 0.3 is 0 Å². The van der Waals surface area contributed by atoms with E-state index >= 15 is 0 Å². The minimum absolute atomic E-state index is 0.0691. The number of carbonyl (C=O) groups is 1. The van der Waals surface area contributed by atoms with E-state index in [9.17, 15) is 13.2 Å². The van der Waals surface area contributed by atoms with Crippen molar-refractivity contribution >= 4 is 15.9 Å². The normalized spacial score (nSPS) is 18.6. The molecule has 152 valence electrons. The number of nitrogens with zero attached hydrogens (tertiary/aromatic N) is 1. The molecule has 1 heterocycles. The lowest BCUT2D eigenvalue weighted by molar-refractivity contribution is -0.126. The summed E-state index contributed by atoms with van der Waals surface area (Å²) in [5, 5.41) is 2.92. The van der Waals surface area contributed by atoms with Crippen LogP contribution in [0.1, 0.15) is 44.2 Å². The van der Waals surface area contributed by atoms with E-state index in [2.05, 4.69) is 5.32 Å². The van der Waals surface area contributed by atoms with E-state index in [1.54, 1.807) is 13.0 Å². The van der Waals surface area contributed by atoms with Gasteiger partial charge in [-0.25, -0.2) is 8.42 Å². The van der Waals surface area contributed by atoms with Crippen LogP contribution in [0.15, 0.2) is 23.1 Å². The maximum absolute atomic E-state index is 13.1. The Morgan fingerprint density at radius 3 is 2.78 bits per heavy atom. The zero-order chi connectivity index (χ0) is 20.0. The van der Waals surface area contributed by atoms with Gasteiger partial charge in [-0.15, -0.1) is 0 Å². The summed E-state index contributed by atoms with van der Waals surface area (Å²) in [6, 6.07) is 5.45. The molecular formula is C20H32N2O4S. The monoisotopic (exact) mass is 396 g/mol. The van der Waals surface area contributed by atoms with E-state index in [0.717, 1.165) is 17.5 Å². The lowest BCUT2D eigenvalue weighted by atomic mass is 9.99. The fraction of sp³-hybridized carbons (Fsp3) is 0.650. The highest BCUT2D eigenvalue weighted by atomic mass is 32.2. The quantitative estimate of drug-likeness (QED) is 0.686. The number of hydrogen-bond donors (Lipinski definition) is 1. The Balaban J connectivity index is 1.96. The van der Waals surface area contributed by atoms with Crippen molar-refractivity contribution in [1.82, 2.24) is 9.62 Å². The lowest BCUT2D eigenvalue weighted by Crippen LogP contribution is -2.45. The zero-order valence-corrected chi connectivity index (χ0v) is 17.6. The molecule has 1 saturated heterocycles. The van der Waals surface area contributed by atoms with Gasteiger partial charge in [0.15, 0.2) is 0 Å². The summed E-state index contributed by atoms with van der Waals surface area (Å²) in [4.78, 5) is 12.8. The van der Waals surface area contributed by atoms with Crippen molar-refractivity contribution in [2.24, 2.45) is 5.92 Å². The van der Waals surface area contributed by atoms with E-state index in [1.165, 1.54) is 4.31 Å². The van der Waals surface area contributed by atoms with Crippen molar-refractivity contribution in [2.75, 3.05) is 26.2 Å². The van der Waals surface area contributed by atoms with Gasteiger partial charge in [0.1, 0.15) is 0 Å². The minimum Gasteiger partial charge on any atom is -0.379 e. The van der Waals surface area contributed by atoms with Gasteiger partial charge < -0.3 is 10.1 Å². The van der Waals surface area contributed by atoms with Crippen LogP contribution < -0.4 is 5.32 Å². The molecule has 6 nitrogen and oxygen atoms in total. The summed E-state index contributed by atoms with van der Waals surface area (Å²) in [5.74, 6) is -0.370. The van der Waals surface area contributed by atoms with Gasteiger partial charge in [-0.2, -0.15) is 4.31 Å². The second kappa shape index (κ2) is 9.66. The molecule has 1 aliphatic rings. The molecule has 1 N–H and O–H groups in total. The van der Waals surface area contributed by atoms with Gasteiger partial charge in [0, 0.05) is 26.2 Å². The van der Waals surface area contributed by atoms with Gasteiger partial charge in [0.05, 0.1) is 16.9 Å². The third-order valence-corrected chi connectivity index (χ3v) is 6.80. The molecule has 0 saturated carbocycles. The standard InChI is InChI=1S/C20H32N2O4S/c1-15(2)26-12-6-10-21-20(23)18-7-5-11-22(14-18)27(24,25)19-13-16(3)8-9-17(19)4/h8-9,13,15,18H,5-7,10-12,14H2,1-4H3,(H,21,23)/t18-/m0/s1. The second-order valence-electron chi connectivity index (χ2n) is 7.54. The SMILES string of the molecule is Cc1ccc(C)c(S(=O)(=O)N2CCC[C@H](C(=O)NCCCOC(C)C)C2)c1. The fourth-order valence-electron chi connectivity index (χ4n) is 3.25. The first-order chi connectivity index (χ1) is 12.7. The van der Waals surface area contributed by atoms with E-state index in [0.29, 0.717) is 37.4 Å². The van der Waals surface area contributed by atoms with Crippen LogP contribution in [0.2, 0.25) is 0 Å². The molecule has 0 bridgehead atoms. The summed E-state index contributed by atoms with van der Waals surface area (Å²) >= 11 is 0. The van der Waals surface area contributed by atoms with Gasteiger partial charge in [-0.3, -0.25) is 4.79 Å². The number of piperidine rings is 1. The molecule has 2 rings (SSSR count). The summed E-state index contributed by atoms with van der Waals surface area (Å²) < 4.78 is 33.1. The van der Waals surface area contributed by atoms with Gasteiger partial charge in [-0.05, 0) is 64.2 Å². The van der Waals surface area contributed by atoms with Crippen LogP contribution in [0.4, 0.5) is 0 Å². The van der Waals surface area contributed by atoms with Crippen molar-refractivity contribution in [3.8, 4) is 0 Å². The van der Waals surface area contributed by atoms with Gasteiger partial charge in [0.25, 0.3) is 0 Å². The molecule has 1 aromatic rings.